The maximum absolute atomic E-state index is 12.7. The van der Waals surface area contributed by atoms with Crippen molar-refractivity contribution in [1.82, 2.24) is 29.6 Å². The van der Waals surface area contributed by atoms with E-state index in [0.29, 0.717) is 18.2 Å². The van der Waals surface area contributed by atoms with Gasteiger partial charge in [-0.05, 0) is 57.9 Å². The van der Waals surface area contributed by atoms with Crippen LogP contribution < -0.4 is 10.2 Å². The number of rotatable bonds is 4. The van der Waals surface area contributed by atoms with Gasteiger partial charge in [-0.1, -0.05) is 6.07 Å². The highest BCUT2D eigenvalue weighted by molar-refractivity contribution is 5.93. The number of nitrogens with zero attached hydrogens (tertiary/aromatic N) is 7. The number of carbonyl (C=O) groups is 1. The molecule has 4 aromatic rings. The Morgan fingerprint density at radius 2 is 1.92 bits per heavy atom. The number of piperazine rings is 1. The average molecular weight is 499 g/mol. The lowest BCUT2D eigenvalue weighted by molar-refractivity contribution is 0.0214. The summed E-state index contributed by atoms with van der Waals surface area (Å²) in [5.74, 6) is 2.23. The van der Waals surface area contributed by atoms with Crippen LogP contribution in [-0.4, -0.2) is 66.5 Å². The molecule has 2 saturated heterocycles. The Balaban J connectivity index is 1.28. The molecule has 10 nitrogen and oxygen atoms in total. The van der Waals surface area contributed by atoms with E-state index >= 15 is 0 Å². The van der Waals surface area contributed by atoms with Crippen molar-refractivity contribution < 1.29 is 9.53 Å². The number of hydrogen-bond donors (Lipinski definition) is 1. The number of aryl methyl sites for hydroxylation is 1. The molecule has 2 fully saturated rings. The Morgan fingerprint density at radius 3 is 2.65 bits per heavy atom. The zero-order valence-corrected chi connectivity index (χ0v) is 21.4. The van der Waals surface area contributed by atoms with E-state index < -0.39 is 5.60 Å². The molecule has 0 spiro atoms. The third kappa shape index (κ3) is 4.43. The summed E-state index contributed by atoms with van der Waals surface area (Å²) in [7, 11) is 0. The quantitative estimate of drug-likeness (QED) is 0.440. The van der Waals surface area contributed by atoms with E-state index in [0.717, 1.165) is 40.9 Å². The first-order valence-electron chi connectivity index (χ1n) is 12.5. The Hall–Kier alpha value is -4.21. The van der Waals surface area contributed by atoms with Crippen LogP contribution in [0.15, 0.2) is 55.1 Å². The number of pyridine rings is 1. The number of amides is 1. The molecule has 2 aliphatic rings. The lowest BCUT2D eigenvalue weighted by atomic mass is 10.2. The lowest BCUT2D eigenvalue weighted by Gasteiger charge is -2.35. The smallest absolute Gasteiger partial charge is 0.410 e. The second kappa shape index (κ2) is 8.72. The van der Waals surface area contributed by atoms with Crippen molar-refractivity contribution >= 4 is 34.4 Å². The first kappa shape index (κ1) is 23.2. The van der Waals surface area contributed by atoms with Crippen LogP contribution in [0.25, 0.3) is 16.6 Å². The van der Waals surface area contributed by atoms with Crippen molar-refractivity contribution in [3.05, 3.63) is 60.7 Å². The molecule has 3 aromatic heterocycles. The molecule has 0 aliphatic carbocycles. The Labute approximate surface area is 215 Å². The second-order valence-corrected chi connectivity index (χ2v) is 10.7. The maximum Gasteiger partial charge on any atom is 0.410 e. The van der Waals surface area contributed by atoms with Crippen LogP contribution >= 0.6 is 0 Å². The number of fused-ring (bicyclic) bond motifs is 3. The van der Waals surface area contributed by atoms with Gasteiger partial charge >= 0.3 is 6.09 Å². The summed E-state index contributed by atoms with van der Waals surface area (Å²) < 4.78 is 7.55. The predicted molar refractivity (Wildman–Crippen MR) is 141 cm³/mol. The maximum atomic E-state index is 12.7. The fraction of sp³-hybridized carbons (Fsp3) is 0.370. The molecule has 2 aliphatic heterocycles. The van der Waals surface area contributed by atoms with Gasteiger partial charge < -0.3 is 19.9 Å². The number of aromatic nitrogens is 5. The van der Waals surface area contributed by atoms with Crippen molar-refractivity contribution in [2.24, 2.45) is 0 Å². The minimum atomic E-state index is -0.500. The molecule has 1 aromatic carbocycles. The summed E-state index contributed by atoms with van der Waals surface area (Å²) in [5.41, 5.74) is 2.55. The first-order chi connectivity index (χ1) is 17.7. The van der Waals surface area contributed by atoms with E-state index in [1.54, 1.807) is 18.6 Å². The van der Waals surface area contributed by atoms with Gasteiger partial charge in [0.2, 0.25) is 0 Å². The molecule has 190 valence electrons. The molecular weight excluding hydrogens is 468 g/mol. The normalized spacial score (nSPS) is 19.0. The number of carbonyl (C=O) groups excluding carboxylic acids is 1. The van der Waals surface area contributed by atoms with Crippen LogP contribution in [0.3, 0.4) is 0 Å². The molecule has 0 unspecified atom stereocenters. The fourth-order valence-corrected chi connectivity index (χ4v) is 5.19. The van der Waals surface area contributed by atoms with Crippen LogP contribution in [0.1, 0.15) is 32.8 Å². The molecular formula is C27H30N8O2. The standard InChI is InChI=1S/C27H30N8O2/c1-17-5-6-21-22(11-17)35(32-25(21)31-23-14-28-9-10-29-23)18-7-8-30-24(13-18)33-15-20-12-19(33)16-34(20)26(36)37-27(2,3)4/h5-11,13-14,19-20H,12,15-16H2,1-4H3,(H,29,31,32)/t19-,20-/m0/s1. The molecule has 1 N–H and O–H groups in total. The topological polar surface area (TPSA) is 101 Å². The zero-order valence-electron chi connectivity index (χ0n) is 21.4. The highest BCUT2D eigenvalue weighted by Gasteiger charge is 2.47. The van der Waals surface area contributed by atoms with Crippen LogP contribution in [-0.2, 0) is 4.74 Å². The van der Waals surface area contributed by atoms with E-state index in [2.05, 4.69) is 56.4 Å². The van der Waals surface area contributed by atoms with Gasteiger partial charge in [0, 0.05) is 43.1 Å². The summed E-state index contributed by atoms with van der Waals surface area (Å²) in [6, 6.07) is 10.6. The summed E-state index contributed by atoms with van der Waals surface area (Å²) >= 11 is 0. The molecule has 6 rings (SSSR count). The third-order valence-corrected chi connectivity index (χ3v) is 6.78. The first-order valence-corrected chi connectivity index (χ1v) is 12.5. The van der Waals surface area contributed by atoms with Gasteiger partial charge in [-0.15, -0.1) is 5.10 Å². The van der Waals surface area contributed by atoms with Crippen molar-refractivity contribution in [1.29, 1.82) is 0 Å². The average Bonchev–Trinajstić information content (AvgIpc) is 3.57. The second-order valence-electron chi connectivity index (χ2n) is 10.7. The lowest BCUT2D eigenvalue weighted by Crippen LogP contribution is -2.50. The fourth-order valence-electron chi connectivity index (χ4n) is 5.19. The highest BCUT2D eigenvalue weighted by atomic mass is 16.6. The molecule has 5 heterocycles. The van der Waals surface area contributed by atoms with Crippen molar-refractivity contribution in [2.45, 2.75) is 51.8 Å². The van der Waals surface area contributed by atoms with E-state index in [-0.39, 0.29) is 18.2 Å². The van der Waals surface area contributed by atoms with Gasteiger partial charge in [0.05, 0.1) is 29.5 Å². The monoisotopic (exact) mass is 498 g/mol. The van der Waals surface area contributed by atoms with Crippen molar-refractivity contribution in [3.8, 4) is 5.69 Å². The van der Waals surface area contributed by atoms with Gasteiger partial charge in [-0.25, -0.2) is 19.4 Å². The van der Waals surface area contributed by atoms with Gasteiger partial charge in [0.1, 0.15) is 17.2 Å². The van der Waals surface area contributed by atoms with Crippen molar-refractivity contribution in [3.63, 3.8) is 0 Å². The molecule has 37 heavy (non-hydrogen) atoms. The minimum absolute atomic E-state index is 0.126. The van der Waals surface area contributed by atoms with Crippen LogP contribution in [0.2, 0.25) is 0 Å². The Kier molecular flexibility index (Phi) is 5.47. The van der Waals surface area contributed by atoms with E-state index in [1.807, 2.05) is 42.6 Å². The Bertz CT molecular complexity index is 1460. The Morgan fingerprint density at radius 1 is 1.05 bits per heavy atom. The van der Waals surface area contributed by atoms with E-state index in [1.165, 1.54) is 0 Å². The minimum Gasteiger partial charge on any atom is -0.444 e. The summed E-state index contributed by atoms with van der Waals surface area (Å²) in [6.07, 6.45) is 7.47. The molecule has 2 bridgehead atoms. The molecule has 1 amide bonds. The van der Waals surface area contributed by atoms with Gasteiger partial charge in [-0.3, -0.25) is 4.98 Å². The zero-order chi connectivity index (χ0) is 25.7. The summed E-state index contributed by atoms with van der Waals surface area (Å²) in [6.45, 7) is 9.14. The largest absolute Gasteiger partial charge is 0.444 e. The summed E-state index contributed by atoms with van der Waals surface area (Å²) in [5, 5.41) is 9.19. The predicted octanol–water partition coefficient (Wildman–Crippen LogP) is 4.46. The number of ether oxygens (including phenoxy) is 1. The van der Waals surface area contributed by atoms with Crippen LogP contribution in [0, 0.1) is 6.92 Å². The van der Waals surface area contributed by atoms with Crippen LogP contribution in [0.4, 0.5) is 22.2 Å². The molecule has 10 heteroatoms. The van der Waals surface area contributed by atoms with E-state index in [4.69, 9.17) is 9.84 Å². The summed E-state index contributed by atoms with van der Waals surface area (Å²) in [4.78, 5) is 30.0. The van der Waals surface area contributed by atoms with E-state index in [9.17, 15) is 4.79 Å². The highest BCUT2D eigenvalue weighted by Crippen LogP contribution is 2.36. The van der Waals surface area contributed by atoms with Crippen molar-refractivity contribution in [2.75, 3.05) is 23.3 Å². The third-order valence-electron chi connectivity index (χ3n) is 6.78. The van der Waals surface area contributed by atoms with Crippen LogP contribution in [0.5, 0.6) is 0 Å². The number of anilines is 3. The molecule has 0 radical (unpaired) electrons. The van der Waals surface area contributed by atoms with Gasteiger partial charge in [0.25, 0.3) is 0 Å². The molecule has 0 saturated carbocycles. The van der Waals surface area contributed by atoms with Gasteiger partial charge in [0.15, 0.2) is 5.82 Å². The molecule has 2 atom stereocenters. The SMILES string of the molecule is Cc1ccc2c(Nc3cnccn3)nn(-c3ccnc(N4C[C@@H]5C[C@H]4CN5C(=O)OC(C)(C)C)c3)c2c1. The number of hydrogen-bond acceptors (Lipinski definition) is 8. The number of nitrogens with one attached hydrogen (secondary N) is 1. The van der Waals surface area contributed by atoms with Gasteiger partial charge in [-0.2, -0.15) is 0 Å². The number of likely N-dealkylation sites (tertiary alicyclic amines) is 1. The number of benzene rings is 1.